The van der Waals surface area contributed by atoms with E-state index in [2.05, 4.69) is 0 Å². The van der Waals surface area contributed by atoms with Crippen molar-refractivity contribution in [3.05, 3.63) is 0 Å². The number of hydrogen-bond acceptors (Lipinski definition) is 1. The molecule has 0 aromatic carbocycles. The molecule has 0 atom stereocenters. The average Bonchev–Trinajstić information content (AvgIpc) is 0.811. The first-order chi connectivity index (χ1) is 1.73. The fourth-order valence-corrected chi connectivity index (χ4v) is 0. The zero-order valence-electron chi connectivity index (χ0n) is 6.06. The van der Waals surface area contributed by atoms with Crippen LogP contribution in [0.3, 0.4) is 0 Å². The summed E-state index contributed by atoms with van der Waals surface area (Å²) >= 11 is 0. The normalized spacial score (nSPS) is 2.27. The number of carboxylic acids is 1. The zero-order valence-corrected chi connectivity index (χ0v) is 10.1. The maximum absolute atomic E-state index is 9.00. The molecule has 0 rings (SSSR count). The Labute approximate surface area is 83.2 Å². The molecule has 74 valence electrons. The van der Waals surface area contributed by atoms with Gasteiger partial charge in [-0.1, -0.05) is 0 Å². The maximum atomic E-state index is 9.00. The minimum absolute atomic E-state index is 0. The van der Waals surface area contributed by atoms with Gasteiger partial charge in [-0.15, -0.1) is 0 Å². The van der Waals surface area contributed by atoms with Crippen LogP contribution in [-0.4, -0.2) is 43.9 Å². The van der Waals surface area contributed by atoms with Crippen LogP contribution in [0.1, 0.15) is 6.92 Å². The van der Waals surface area contributed by atoms with Crippen molar-refractivity contribution >= 4 is 5.97 Å². The van der Waals surface area contributed by atoms with E-state index < -0.39 is 5.97 Å². The smallest absolute Gasteiger partial charge is 0.300 e. The van der Waals surface area contributed by atoms with E-state index in [-0.39, 0.29) is 60.2 Å². The van der Waals surface area contributed by atoms with Gasteiger partial charge in [-0.3, -0.25) is 4.79 Å². The molecule has 8 nitrogen and oxygen atoms in total. The van der Waals surface area contributed by atoms with Crippen LogP contribution >= 0.6 is 0 Å². The van der Waals surface area contributed by atoms with Crippen LogP contribution in [0.5, 0.6) is 0 Å². The Balaban J connectivity index is -0.00000000214. The zero-order chi connectivity index (χ0) is 3.58. The molecule has 13 N–H and O–H groups in total. The summed E-state index contributed by atoms with van der Waals surface area (Å²) in [4.78, 5) is 9.00. The van der Waals surface area contributed by atoms with Crippen molar-refractivity contribution in [3.8, 4) is 0 Å². The van der Waals surface area contributed by atoms with Crippen LogP contribution < -0.4 is 0 Å². The van der Waals surface area contributed by atoms with E-state index >= 15 is 0 Å². The molecule has 0 aliphatic rings. The van der Waals surface area contributed by atoms with Gasteiger partial charge in [-0.2, -0.15) is 0 Å². The minimum atomic E-state index is -0.833. The van der Waals surface area contributed by atoms with E-state index in [1.54, 1.807) is 0 Å². The van der Waals surface area contributed by atoms with E-state index in [1.807, 2.05) is 0 Å². The summed E-state index contributed by atoms with van der Waals surface area (Å²) in [5.74, 6) is -0.833. The van der Waals surface area contributed by atoms with Crippen molar-refractivity contribution in [3.63, 3.8) is 0 Å². The number of carboxylic acid groups (broad SMARTS) is 1. The summed E-state index contributed by atoms with van der Waals surface area (Å²) in [6, 6.07) is 0. The summed E-state index contributed by atoms with van der Waals surface area (Å²) in [5, 5.41) is 7.42. The van der Waals surface area contributed by atoms with E-state index in [9.17, 15) is 0 Å². The quantitative estimate of drug-likeness (QED) is 0.430. The first-order valence-electron chi connectivity index (χ1n) is 0.928. The van der Waals surface area contributed by atoms with Crippen molar-refractivity contribution in [1.82, 2.24) is 0 Å². The molecule has 0 aromatic heterocycles. The van der Waals surface area contributed by atoms with Crippen LogP contribution in [0, 0.1) is 0 Å². The monoisotopic (exact) mass is 282 g/mol. The molecule has 9 heteroatoms. The van der Waals surface area contributed by atoms with Crippen molar-refractivity contribution < 1.29 is 70.1 Å². The standard InChI is InChI=1S/C2H4O2.Cd.6H2O/c1-2(3)4;;;;;;;/h1H3,(H,3,4);;6*1H2. The number of rotatable bonds is 0. The van der Waals surface area contributed by atoms with Gasteiger partial charge in [0.2, 0.25) is 0 Å². The third kappa shape index (κ3) is 29200. The Morgan fingerprint density at radius 3 is 0.909 bits per heavy atom. The van der Waals surface area contributed by atoms with Gasteiger partial charge >= 0.3 is 0 Å². The van der Waals surface area contributed by atoms with Gasteiger partial charge in [0.15, 0.2) is 0 Å². The molecular formula is C2H16CdO8. The maximum Gasteiger partial charge on any atom is 0.300 e. The van der Waals surface area contributed by atoms with Crippen molar-refractivity contribution in [2.75, 3.05) is 0 Å². The molecular weight excluding hydrogens is 264 g/mol. The van der Waals surface area contributed by atoms with Gasteiger partial charge in [0.1, 0.15) is 0 Å². The molecule has 0 spiro atoms. The Hall–Kier alpha value is 0.152. The van der Waals surface area contributed by atoms with Crippen LogP contribution in [0.15, 0.2) is 0 Å². The van der Waals surface area contributed by atoms with Crippen molar-refractivity contribution in [2.24, 2.45) is 0 Å². The molecule has 0 saturated carbocycles. The molecule has 0 radical (unpaired) electrons. The first-order valence-corrected chi connectivity index (χ1v) is 0.928. The average molecular weight is 281 g/mol. The van der Waals surface area contributed by atoms with E-state index in [4.69, 9.17) is 9.90 Å². The van der Waals surface area contributed by atoms with Crippen LogP contribution in [0.2, 0.25) is 0 Å². The molecule has 0 bridgehead atoms. The summed E-state index contributed by atoms with van der Waals surface area (Å²) < 4.78 is 0. The molecule has 11 heavy (non-hydrogen) atoms. The predicted octanol–water partition coefficient (Wildman–Crippen LogP) is -4.86. The largest absolute Gasteiger partial charge is 0.481 e. The van der Waals surface area contributed by atoms with E-state index in [1.165, 1.54) is 0 Å². The molecule has 0 heterocycles. The molecule has 0 aromatic rings. The Morgan fingerprint density at radius 1 is 0.909 bits per heavy atom. The summed E-state index contributed by atoms with van der Waals surface area (Å²) in [6.07, 6.45) is 0. The van der Waals surface area contributed by atoms with Gasteiger partial charge in [0.25, 0.3) is 5.97 Å². The second-order valence-electron chi connectivity index (χ2n) is 0.519. The van der Waals surface area contributed by atoms with Gasteiger partial charge < -0.3 is 38.0 Å². The topological polar surface area (TPSA) is 226 Å². The predicted molar refractivity (Wildman–Crippen MR) is 35.0 cm³/mol. The third-order valence-corrected chi connectivity index (χ3v) is 0. The molecule has 0 amide bonds. The summed E-state index contributed by atoms with van der Waals surface area (Å²) in [6.45, 7) is 1.08. The molecule has 0 fully saturated rings. The second kappa shape index (κ2) is 85.6. The van der Waals surface area contributed by atoms with Crippen LogP contribution in [0.25, 0.3) is 0 Å². The summed E-state index contributed by atoms with van der Waals surface area (Å²) in [5.41, 5.74) is 0. The fourth-order valence-electron chi connectivity index (χ4n) is 0. The van der Waals surface area contributed by atoms with Crippen LogP contribution in [0.4, 0.5) is 0 Å². The minimum Gasteiger partial charge on any atom is -0.481 e. The van der Waals surface area contributed by atoms with Crippen molar-refractivity contribution in [2.45, 2.75) is 6.92 Å². The van der Waals surface area contributed by atoms with Crippen molar-refractivity contribution in [1.29, 1.82) is 0 Å². The van der Waals surface area contributed by atoms with E-state index in [0.29, 0.717) is 0 Å². The first kappa shape index (κ1) is 116. The molecule has 0 aliphatic heterocycles. The molecule has 0 aliphatic carbocycles. The Bertz CT molecular complexity index is 35.1. The third-order valence-electron chi connectivity index (χ3n) is 0. The Kier molecular flexibility index (Phi) is 900. The summed E-state index contributed by atoms with van der Waals surface area (Å²) in [7, 11) is 0. The second-order valence-corrected chi connectivity index (χ2v) is 0.519. The SMILES string of the molecule is CC(=O)O.O.O.O.O.O.O.[Cd]. The number of hydrogen-bond donors (Lipinski definition) is 1. The van der Waals surface area contributed by atoms with Gasteiger partial charge in [0, 0.05) is 34.2 Å². The van der Waals surface area contributed by atoms with Gasteiger partial charge in [-0.05, 0) is 0 Å². The number of aliphatic carboxylic acids is 1. The van der Waals surface area contributed by atoms with E-state index in [0.717, 1.165) is 6.92 Å². The number of carbonyl (C=O) groups is 1. The van der Waals surface area contributed by atoms with Crippen LogP contribution in [-0.2, 0) is 32.1 Å². The molecule has 0 saturated heterocycles. The van der Waals surface area contributed by atoms with Gasteiger partial charge in [-0.25, -0.2) is 0 Å². The fraction of sp³-hybridized carbons (Fsp3) is 0.500. The Morgan fingerprint density at radius 2 is 0.909 bits per heavy atom. The molecule has 0 unspecified atom stereocenters. The van der Waals surface area contributed by atoms with Gasteiger partial charge in [0.05, 0.1) is 0 Å².